The molecule has 0 radical (unpaired) electrons. The first-order valence-electron chi connectivity index (χ1n) is 18.9. The third-order valence-corrected chi connectivity index (χ3v) is 15.8. The minimum atomic E-state index is -3.71. The molecule has 0 saturated heterocycles. The van der Waals surface area contributed by atoms with Gasteiger partial charge in [-0.05, 0) is 107 Å². The van der Waals surface area contributed by atoms with Crippen molar-refractivity contribution in [3.63, 3.8) is 0 Å². The molecule has 2 heterocycles. The third kappa shape index (κ3) is 6.06. The van der Waals surface area contributed by atoms with Gasteiger partial charge in [0.2, 0.25) is 10.0 Å². The molecule has 0 aliphatic carbocycles. The molecule has 9 rings (SSSR count). The molecule has 2 aliphatic rings. The summed E-state index contributed by atoms with van der Waals surface area (Å²) in [6, 6.07) is 53.4. The average Bonchev–Trinajstić information content (AvgIpc) is 3.68. The molecule has 0 bridgehead atoms. The van der Waals surface area contributed by atoms with Crippen LogP contribution in [0.5, 0.6) is 0 Å². The second-order valence-electron chi connectivity index (χ2n) is 14.8. The molecule has 55 heavy (non-hydrogen) atoms. The van der Waals surface area contributed by atoms with E-state index >= 15 is 0 Å². The van der Waals surface area contributed by atoms with Crippen LogP contribution in [-0.4, -0.2) is 19.7 Å². The summed E-state index contributed by atoms with van der Waals surface area (Å²) >= 11 is 0. The molecular weight excluding hydrogens is 712 g/mol. The molecule has 0 aromatic heterocycles. The maximum Gasteiger partial charge on any atom is 0.416 e. The van der Waals surface area contributed by atoms with Crippen LogP contribution < -0.4 is 25.5 Å². The molecule has 0 N–H and O–H groups in total. The highest BCUT2D eigenvalue weighted by molar-refractivity contribution is 7.89. The van der Waals surface area contributed by atoms with Crippen LogP contribution in [0.4, 0.5) is 11.4 Å². The molecule has 0 spiro atoms. The summed E-state index contributed by atoms with van der Waals surface area (Å²) in [5.41, 5.74) is 11.7. The number of nitrogens with zero attached hydrogens (tertiary/aromatic N) is 3. The first-order valence-corrected chi connectivity index (χ1v) is 21.7. The fourth-order valence-corrected chi connectivity index (χ4v) is 12.6. The first kappa shape index (κ1) is 35.5. The Morgan fingerprint density at radius 2 is 1.13 bits per heavy atom. The smallest absolute Gasteiger partial charge is 0.387 e. The summed E-state index contributed by atoms with van der Waals surface area (Å²) in [6.45, 7) is 9.86. The summed E-state index contributed by atoms with van der Waals surface area (Å²) < 4.78 is 32.7. The van der Waals surface area contributed by atoms with Gasteiger partial charge in [-0.15, -0.1) is 0 Å². The zero-order valence-corrected chi connectivity index (χ0v) is 33.4. The van der Waals surface area contributed by atoms with Crippen LogP contribution >= 0.6 is 8.07 Å². The van der Waals surface area contributed by atoms with E-state index in [-0.39, 0.29) is 6.98 Å². The molecule has 0 unspecified atom stereocenters. The lowest BCUT2D eigenvalue weighted by Gasteiger charge is -2.49. The number of rotatable bonds is 8. The molecule has 5 nitrogen and oxygen atoms in total. The Morgan fingerprint density at radius 1 is 0.582 bits per heavy atom. The zero-order valence-electron chi connectivity index (χ0n) is 31.6. The maximum absolute atomic E-state index is 14.2. The van der Waals surface area contributed by atoms with Gasteiger partial charge in [0.05, 0.1) is 4.90 Å². The third-order valence-electron chi connectivity index (χ3n) is 11.6. The van der Waals surface area contributed by atoms with Gasteiger partial charge in [0.1, 0.15) is 0 Å². The first-order chi connectivity index (χ1) is 26.7. The highest BCUT2D eigenvalue weighted by atomic mass is 32.2. The van der Waals surface area contributed by atoms with Gasteiger partial charge in [-0.3, -0.25) is 0 Å². The van der Waals surface area contributed by atoms with Crippen molar-refractivity contribution in [3.8, 4) is 0 Å². The highest BCUT2D eigenvalue weighted by Crippen LogP contribution is 2.52. The van der Waals surface area contributed by atoms with Gasteiger partial charge >= 0.3 is 6.98 Å². The van der Waals surface area contributed by atoms with Crippen LogP contribution in [0.1, 0.15) is 38.9 Å². The number of hydrogen-bond donors (Lipinski definition) is 0. The Morgan fingerprint density at radius 3 is 1.73 bits per heavy atom. The van der Waals surface area contributed by atoms with Crippen molar-refractivity contribution in [2.24, 2.45) is 0 Å². The van der Waals surface area contributed by atoms with E-state index in [4.69, 9.17) is 0 Å². The van der Waals surface area contributed by atoms with Crippen LogP contribution in [0, 0.1) is 27.7 Å². The van der Waals surface area contributed by atoms with Crippen molar-refractivity contribution in [1.29, 1.82) is 0 Å². The van der Waals surface area contributed by atoms with Gasteiger partial charge in [-0.1, -0.05) is 133 Å². The van der Waals surface area contributed by atoms with Gasteiger partial charge in [0.25, 0.3) is 0 Å². The van der Waals surface area contributed by atoms with Crippen molar-refractivity contribution in [2.45, 2.75) is 52.2 Å². The lowest BCUT2D eigenvalue weighted by atomic mass is 9.58. The van der Waals surface area contributed by atoms with Gasteiger partial charge in [-0.2, -0.15) is 4.31 Å². The van der Waals surface area contributed by atoms with Gasteiger partial charge in [-0.25, -0.2) is 8.42 Å². The number of anilines is 2. The van der Waals surface area contributed by atoms with Crippen LogP contribution in [0.25, 0.3) is 10.8 Å². The second-order valence-corrected chi connectivity index (χ2v) is 18.8. The van der Waals surface area contributed by atoms with E-state index in [1.54, 1.807) is 16.4 Å². The molecule has 8 heteroatoms. The van der Waals surface area contributed by atoms with E-state index in [0.717, 1.165) is 27.8 Å². The summed E-state index contributed by atoms with van der Waals surface area (Å²) in [5.74, 6) is 0. The van der Waals surface area contributed by atoms with Crippen molar-refractivity contribution in [2.75, 3.05) is 9.39 Å². The summed E-state index contributed by atoms with van der Waals surface area (Å²) in [4.78, 5) is 2.95. The number of hydrogen-bond acceptors (Lipinski definition) is 4. The minimum Gasteiger partial charge on any atom is -0.387 e. The van der Waals surface area contributed by atoms with E-state index < -0.39 is 18.1 Å². The molecular formula is C47H43BN3O2PS. The zero-order chi connectivity index (χ0) is 37.8. The normalized spacial score (nSPS) is 14.2. The van der Waals surface area contributed by atoms with Gasteiger partial charge in [0, 0.05) is 44.5 Å². The summed E-state index contributed by atoms with van der Waals surface area (Å²) in [6.07, 6.45) is 0. The monoisotopic (exact) mass is 755 g/mol. The number of sulfonamides is 1. The molecule has 0 atom stereocenters. The standard InChI is InChI=1S/C47H43BN3O2PS/c1-33-26-28-41(29-27-33)55(52,53)49-31-42-34(2)35(3)47(36(4)43(42)32-49)48-50(30-37-16-8-5-9-17-37)44-24-14-18-38-19-15-25-45(46(38)44)51(48)54(39-20-10-6-11-21-39)40-22-12-7-13-23-40/h5-29H,30-32H2,1-4H3. The van der Waals surface area contributed by atoms with Crippen molar-refractivity contribution >= 4 is 63.3 Å². The summed E-state index contributed by atoms with van der Waals surface area (Å²) in [5, 5.41) is 5.00. The quantitative estimate of drug-likeness (QED) is 0.115. The Balaban J connectivity index is 1.31. The van der Waals surface area contributed by atoms with Crippen LogP contribution in [0.2, 0.25) is 0 Å². The molecule has 7 aromatic rings. The average molecular weight is 756 g/mol. The van der Waals surface area contributed by atoms with Crippen LogP contribution in [0.3, 0.4) is 0 Å². The van der Waals surface area contributed by atoms with E-state index in [2.05, 4.69) is 158 Å². The Bertz CT molecular complexity index is 2610. The van der Waals surface area contributed by atoms with E-state index in [1.165, 1.54) is 49.3 Å². The molecule has 272 valence electrons. The number of fused-ring (bicyclic) bond motifs is 1. The molecule has 0 fully saturated rings. The predicted molar refractivity (Wildman–Crippen MR) is 232 cm³/mol. The topological polar surface area (TPSA) is 43.9 Å². The van der Waals surface area contributed by atoms with Crippen LogP contribution in [-0.2, 0) is 29.7 Å². The maximum atomic E-state index is 14.2. The Hall–Kier alpha value is -5.20. The second kappa shape index (κ2) is 14.1. The summed E-state index contributed by atoms with van der Waals surface area (Å²) in [7, 11) is -4.80. The van der Waals surface area contributed by atoms with Crippen molar-refractivity contribution in [1.82, 2.24) is 4.31 Å². The molecule has 0 saturated carbocycles. The molecule has 2 aliphatic heterocycles. The number of aryl methyl sites for hydroxylation is 1. The largest absolute Gasteiger partial charge is 0.416 e. The molecule has 7 aromatic carbocycles. The van der Waals surface area contributed by atoms with E-state index in [9.17, 15) is 8.42 Å². The fraction of sp³-hybridized carbons (Fsp3) is 0.149. The lowest BCUT2D eigenvalue weighted by Crippen LogP contribution is -2.63. The predicted octanol–water partition coefficient (Wildman–Crippen LogP) is 9.05. The van der Waals surface area contributed by atoms with Crippen LogP contribution in [0.15, 0.2) is 157 Å². The lowest BCUT2D eigenvalue weighted by molar-refractivity contribution is 0.431. The van der Waals surface area contributed by atoms with Gasteiger partial charge < -0.3 is 9.39 Å². The van der Waals surface area contributed by atoms with E-state index in [1.807, 2.05) is 19.1 Å². The SMILES string of the molecule is Cc1ccc(S(=O)(=O)N2Cc3c(C)c(C)c(B4N(Cc5ccccc5)c5cccc6cccc(c56)N4P(c4ccccc4)c4ccccc4)c(C)c3C2)cc1. The number of benzene rings is 7. The van der Waals surface area contributed by atoms with E-state index in [0.29, 0.717) is 24.5 Å². The fourth-order valence-electron chi connectivity index (χ4n) is 8.69. The minimum absolute atomic E-state index is 0.209. The Kier molecular flexibility index (Phi) is 9.13. The molecule has 0 amide bonds. The van der Waals surface area contributed by atoms with Gasteiger partial charge in [0.15, 0.2) is 0 Å². The van der Waals surface area contributed by atoms with Crippen molar-refractivity contribution < 1.29 is 8.42 Å². The van der Waals surface area contributed by atoms with Crippen molar-refractivity contribution in [3.05, 3.63) is 191 Å². The highest BCUT2D eigenvalue weighted by Gasteiger charge is 2.46. The Labute approximate surface area is 326 Å².